The second kappa shape index (κ2) is 11.9. The second-order valence-corrected chi connectivity index (χ2v) is 12.7. The summed E-state index contributed by atoms with van der Waals surface area (Å²) in [5.74, 6) is -2.30. The van der Waals surface area contributed by atoms with Crippen LogP contribution in [-0.2, 0) is 14.4 Å². The Balaban J connectivity index is 1.49. The number of nitrogens with one attached hydrogen (secondary N) is 1. The van der Waals surface area contributed by atoms with Crippen LogP contribution < -0.4 is 5.32 Å². The number of piperazine rings is 1. The van der Waals surface area contributed by atoms with Gasteiger partial charge in [-0.3, -0.25) is 19.3 Å². The fraction of sp³-hybridized carbons (Fsp3) is 0.700. The summed E-state index contributed by atoms with van der Waals surface area (Å²) in [5.41, 5.74) is 0.159. The average Bonchev–Trinajstić information content (AvgIpc) is 3.33. The molecular formula is C30H44F2N4O3. The highest BCUT2D eigenvalue weighted by Crippen LogP contribution is 2.39. The van der Waals surface area contributed by atoms with E-state index in [9.17, 15) is 23.2 Å². The number of benzene rings is 1. The maximum absolute atomic E-state index is 14.9. The number of carbonyl (C=O) groups is 3. The zero-order valence-electron chi connectivity index (χ0n) is 24.0. The number of rotatable bonds is 5. The maximum atomic E-state index is 14.9. The first-order valence-corrected chi connectivity index (χ1v) is 14.4. The molecule has 216 valence electrons. The number of halogens is 2. The predicted molar refractivity (Wildman–Crippen MR) is 146 cm³/mol. The highest BCUT2D eigenvalue weighted by atomic mass is 19.1. The highest BCUT2D eigenvalue weighted by molar-refractivity contribution is 5.88. The molecule has 1 aliphatic carbocycles. The Morgan fingerprint density at radius 1 is 1.00 bits per heavy atom. The summed E-state index contributed by atoms with van der Waals surface area (Å²) in [7, 11) is 0. The predicted octanol–water partition coefficient (Wildman–Crippen LogP) is 3.92. The summed E-state index contributed by atoms with van der Waals surface area (Å²) in [4.78, 5) is 45.3. The van der Waals surface area contributed by atoms with Gasteiger partial charge >= 0.3 is 0 Å². The molecule has 2 aliphatic heterocycles. The third-order valence-electron chi connectivity index (χ3n) is 8.92. The molecule has 1 unspecified atom stereocenters. The van der Waals surface area contributed by atoms with E-state index < -0.39 is 23.6 Å². The van der Waals surface area contributed by atoms with Gasteiger partial charge in [0.05, 0.1) is 5.92 Å². The molecule has 2 saturated heterocycles. The summed E-state index contributed by atoms with van der Waals surface area (Å²) in [5, 5.41) is 2.91. The molecule has 1 saturated carbocycles. The van der Waals surface area contributed by atoms with Crippen LogP contribution in [0.5, 0.6) is 0 Å². The number of hydrogen-bond donors (Lipinski definition) is 1. The first kappa shape index (κ1) is 29.4. The number of likely N-dealkylation sites (tertiary alicyclic amines) is 1. The summed E-state index contributed by atoms with van der Waals surface area (Å²) < 4.78 is 28.5. The van der Waals surface area contributed by atoms with Crippen molar-refractivity contribution < 1.29 is 23.2 Å². The lowest BCUT2D eigenvalue weighted by Gasteiger charge is -2.43. The van der Waals surface area contributed by atoms with Crippen molar-refractivity contribution in [3.8, 4) is 0 Å². The lowest BCUT2D eigenvalue weighted by Crippen LogP contribution is -2.61. The molecule has 1 aromatic rings. The van der Waals surface area contributed by atoms with Crippen molar-refractivity contribution >= 4 is 17.7 Å². The highest BCUT2D eigenvalue weighted by Gasteiger charge is 2.46. The third kappa shape index (κ3) is 6.61. The normalized spacial score (nSPS) is 26.0. The van der Waals surface area contributed by atoms with E-state index in [0.29, 0.717) is 38.3 Å². The standard InChI is InChI=1S/C30H44F2N4O3/c1-19-16-34(29(39)27(33-20(2)37)21-9-7-6-8-10-21)13-14-36(19)28(38)25-18-35(30(3,4)5)17-24(25)23-12-11-22(31)15-26(23)32/h11-12,15,19,21,24-25,27H,6-10,13-14,16-18H2,1-5H3,(H,33,37)/t19-,24-,25+,27?/m0/s1. The molecule has 3 fully saturated rings. The number of amides is 3. The van der Waals surface area contributed by atoms with Crippen molar-refractivity contribution in [2.24, 2.45) is 11.8 Å². The van der Waals surface area contributed by atoms with Crippen LogP contribution >= 0.6 is 0 Å². The lowest BCUT2D eigenvalue weighted by molar-refractivity contribution is -0.147. The second-order valence-electron chi connectivity index (χ2n) is 12.7. The Labute approximate surface area is 231 Å². The average molecular weight is 547 g/mol. The Hall–Kier alpha value is -2.55. The molecule has 39 heavy (non-hydrogen) atoms. The molecule has 0 radical (unpaired) electrons. The molecule has 9 heteroatoms. The zero-order valence-corrected chi connectivity index (χ0v) is 24.0. The molecule has 2 heterocycles. The van der Waals surface area contributed by atoms with Crippen LogP contribution in [0.1, 0.15) is 78.2 Å². The topological polar surface area (TPSA) is 73.0 Å². The van der Waals surface area contributed by atoms with E-state index in [2.05, 4.69) is 31.0 Å². The van der Waals surface area contributed by atoms with Gasteiger partial charge in [0.2, 0.25) is 17.7 Å². The van der Waals surface area contributed by atoms with Crippen molar-refractivity contribution in [1.29, 1.82) is 0 Å². The number of hydrogen-bond acceptors (Lipinski definition) is 4. The van der Waals surface area contributed by atoms with Gasteiger partial charge in [0.1, 0.15) is 17.7 Å². The molecule has 0 bridgehead atoms. The minimum Gasteiger partial charge on any atom is -0.344 e. The van der Waals surface area contributed by atoms with Crippen molar-refractivity contribution in [2.45, 2.75) is 90.3 Å². The van der Waals surface area contributed by atoms with Crippen LogP contribution in [0.3, 0.4) is 0 Å². The molecular weight excluding hydrogens is 502 g/mol. The molecule has 1 N–H and O–H groups in total. The minimum absolute atomic E-state index is 0.0548. The molecule has 3 aliphatic rings. The van der Waals surface area contributed by atoms with Crippen LogP contribution in [0, 0.1) is 23.5 Å². The van der Waals surface area contributed by atoms with Crippen molar-refractivity contribution in [1.82, 2.24) is 20.0 Å². The quantitative estimate of drug-likeness (QED) is 0.608. The van der Waals surface area contributed by atoms with E-state index in [1.54, 1.807) is 4.90 Å². The molecule has 4 atom stereocenters. The summed E-state index contributed by atoms with van der Waals surface area (Å²) in [6.07, 6.45) is 5.15. The number of carbonyl (C=O) groups excluding carboxylic acids is 3. The fourth-order valence-electron chi connectivity index (χ4n) is 6.68. The first-order chi connectivity index (χ1) is 18.4. The summed E-state index contributed by atoms with van der Waals surface area (Å²) in [6.45, 7) is 11.8. The van der Waals surface area contributed by atoms with Crippen molar-refractivity contribution in [3.05, 3.63) is 35.4 Å². The van der Waals surface area contributed by atoms with Gasteiger partial charge in [-0.15, -0.1) is 0 Å². The van der Waals surface area contributed by atoms with Gasteiger partial charge in [0, 0.05) is 63.2 Å². The van der Waals surface area contributed by atoms with Crippen LogP contribution in [0.2, 0.25) is 0 Å². The van der Waals surface area contributed by atoms with Crippen molar-refractivity contribution in [2.75, 3.05) is 32.7 Å². The molecule has 0 spiro atoms. The zero-order chi connectivity index (χ0) is 28.5. The number of nitrogens with zero attached hydrogens (tertiary/aromatic N) is 3. The third-order valence-corrected chi connectivity index (χ3v) is 8.92. The molecule has 7 nitrogen and oxygen atoms in total. The maximum Gasteiger partial charge on any atom is 0.245 e. The van der Waals surface area contributed by atoms with Gasteiger partial charge in [-0.25, -0.2) is 8.78 Å². The summed E-state index contributed by atoms with van der Waals surface area (Å²) in [6, 6.07) is 2.86. The van der Waals surface area contributed by atoms with Crippen molar-refractivity contribution in [3.63, 3.8) is 0 Å². The largest absolute Gasteiger partial charge is 0.344 e. The van der Waals surface area contributed by atoms with Gasteiger partial charge in [-0.05, 0) is 58.1 Å². The SMILES string of the molecule is CC(=O)NC(C(=O)N1CCN(C(=O)[C@@H]2CN(C(C)(C)C)C[C@H]2c2ccc(F)cc2F)[C@@H](C)C1)C1CCCCC1. The first-order valence-electron chi connectivity index (χ1n) is 14.4. The van der Waals surface area contributed by atoms with Crippen LogP contribution in [0.4, 0.5) is 8.78 Å². The lowest BCUT2D eigenvalue weighted by atomic mass is 9.83. The van der Waals surface area contributed by atoms with E-state index in [0.717, 1.165) is 38.2 Å². The Morgan fingerprint density at radius 2 is 1.69 bits per heavy atom. The Kier molecular flexibility index (Phi) is 8.98. The summed E-state index contributed by atoms with van der Waals surface area (Å²) >= 11 is 0. The monoisotopic (exact) mass is 546 g/mol. The van der Waals surface area contributed by atoms with Crippen LogP contribution in [0.15, 0.2) is 18.2 Å². The smallest absolute Gasteiger partial charge is 0.245 e. The van der Waals surface area contributed by atoms with Gasteiger partial charge in [-0.2, -0.15) is 0 Å². The van der Waals surface area contributed by atoms with Crippen LogP contribution in [-0.4, -0.2) is 82.8 Å². The van der Waals surface area contributed by atoms with Gasteiger partial charge in [0.15, 0.2) is 0 Å². The van der Waals surface area contributed by atoms with E-state index >= 15 is 0 Å². The van der Waals surface area contributed by atoms with Crippen LogP contribution in [0.25, 0.3) is 0 Å². The van der Waals surface area contributed by atoms with E-state index in [4.69, 9.17) is 0 Å². The van der Waals surface area contributed by atoms with E-state index in [1.165, 1.54) is 19.1 Å². The molecule has 4 rings (SSSR count). The minimum atomic E-state index is -0.634. The van der Waals surface area contributed by atoms with Gasteiger partial charge in [-0.1, -0.05) is 25.3 Å². The van der Waals surface area contributed by atoms with Gasteiger partial charge in [0.25, 0.3) is 0 Å². The van der Waals surface area contributed by atoms with E-state index in [1.807, 2.05) is 11.8 Å². The van der Waals surface area contributed by atoms with Gasteiger partial charge < -0.3 is 15.1 Å². The molecule has 0 aromatic heterocycles. The Morgan fingerprint density at radius 3 is 2.28 bits per heavy atom. The molecule has 3 amide bonds. The fourth-order valence-corrected chi connectivity index (χ4v) is 6.68. The molecule has 1 aromatic carbocycles. The Bertz CT molecular complexity index is 1070. The van der Waals surface area contributed by atoms with E-state index in [-0.39, 0.29) is 41.1 Å².